The molecule has 1 saturated heterocycles. The van der Waals surface area contributed by atoms with Crippen LogP contribution in [0.15, 0.2) is 30.3 Å². The van der Waals surface area contributed by atoms with Gasteiger partial charge in [-0.15, -0.1) is 0 Å². The van der Waals surface area contributed by atoms with Crippen LogP contribution in [-0.2, 0) is 6.42 Å². The average molecular weight is 257 g/mol. The third-order valence-corrected chi connectivity index (χ3v) is 5.20. The number of rotatable bonds is 3. The first-order valence-corrected chi connectivity index (χ1v) is 8.21. The van der Waals surface area contributed by atoms with E-state index in [1.807, 2.05) is 0 Å². The van der Waals surface area contributed by atoms with Crippen LogP contribution in [0.5, 0.6) is 0 Å². The quantitative estimate of drug-likeness (QED) is 0.801. The van der Waals surface area contributed by atoms with Crippen molar-refractivity contribution >= 4 is 0 Å². The lowest BCUT2D eigenvalue weighted by molar-refractivity contribution is 0.269. The summed E-state index contributed by atoms with van der Waals surface area (Å²) in [5.41, 5.74) is 1.50. The predicted molar refractivity (Wildman–Crippen MR) is 81.2 cm³/mol. The molecule has 1 N–H and O–H groups in total. The van der Waals surface area contributed by atoms with Gasteiger partial charge in [0.05, 0.1) is 0 Å². The predicted octanol–water partition coefficient (Wildman–Crippen LogP) is 4.18. The molecule has 2 fully saturated rings. The summed E-state index contributed by atoms with van der Waals surface area (Å²) in [6.45, 7) is 1.23. The van der Waals surface area contributed by atoms with Gasteiger partial charge in [-0.3, -0.25) is 0 Å². The summed E-state index contributed by atoms with van der Waals surface area (Å²) in [5, 5.41) is 3.77. The molecule has 0 radical (unpaired) electrons. The van der Waals surface area contributed by atoms with E-state index in [0.29, 0.717) is 0 Å². The number of nitrogens with one attached hydrogen (secondary N) is 1. The maximum atomic E-state index is 3.77. The molecule has 0 amide bonds. The van der Waals surface area contributed by atoms with Crippen LogP contribution in [0.2, 0.25) is 0 Å². The van der Waals surface area contributed by atoms with Crippen molar-refractivity contribution in [2.45, 2.75) is 57.4 Å². The first-order valence-electron chi connectivity index (χ1n) is 8.21. The molecule has 19 heavy (non-hydrogen) atoms. The van der Waals surface area contributed by atoms with Crippen molar-refractivity contribution in [3.05, 3.63) is 35.9 Å². The summed E-state index contributed by atoms with van der Waals surface area (Å²) in [6, 6.07) is 11.8. The average Bonchev–Trinajstić information content (AvgIpc) is 2.74. The Kier molecular flexibility index (Phi) is 4.55. The van der Waals surface area contributed by atoms with Crippen LogP contribution >= 0.6 is 0 Å². The minimum atomic E-state index is 0.727. The Bertz CT molecular complexity index is 365. The highest BCUT2D eigenvalue weighted by molar-refractivity contribution is 5.16. The van der Waals surface area contributed by atoms with Crippen LogP contribution < -0.4 is 5.32 Å². The molecule has 1 aromatic carbocycles. The maximum Gasteiger partial charge on any atom is 0.0139 e. The normalized spacial score (nSPS) is 29.3. The fourth-order valence-electron chi connectivity index (χ4n) is 4.18. The Morgan fingerprint density at radius 1 is 0.895 bits per heavy atom. The van der Waals surface area contributed by atoms with E-state index < -0.39 is 0 Å². The molecule has 2 aliphatic rings. The highest BCUT2D eigenvalue weighted by Crippen LogP contribution is 2.35. The molecule has 0 bridgehead atoms. The highest BCUT2D eigenvalue weighted by Gasteiger charge is 2.33. The second-order valence-corrected chi connectivity index (χ2v) is 6.45. The SMILES string of the molecule is c1ccc(CC2NCCC2C2CCCCCC2)cc1. The van der Waals surface area contributed by atoms with Gasteiger partial charge in [-0.05, 0) is 36.8 Å². The standard InChI is InChI=1S/C18H27N/c1-2-7-11-16(10-6-1)17-12-13-19-18(17)14-15-8-4-3-5-9-15/h3-5,8-9,16-19H,1-2,6-7,10-14H2. The molecule has 1 nitrogen and oxygen atoms in total. The molecular weight excluding hydrogens is 230 g/mol. The highest BCUT2D eigenvalue weighted by atomic mass is 15.0. The van der Waals surface area contributed by atoms with Crippen molar-refractivity contribution < 1.29 is 0 Å². The molecule has 0 spiro atoms. The van der Waals surface area contributed by atoms with E-state index in [2.05, 4.69) is 35.6 Å². The van der Waals surface area contributed by atoms with E-state index in [1.165, 1.54) is 63.5 Å². The molecule has 104 valence electrons. The van der Waals surface area contributed by atoms with E-state index in [-0.39, 0.29) is 0 Å². The van der Waals surface area contributed by atoms with Gasteiger partial charge >= 0.3 is 0 Å². The molecule has 1 heteroatoms. The van der Waals surface area contributed by atoms with Crippen molar-refractivity contribution in [2.24, 2.45) is 11.8 Å². The molecule has 1 aliphatic heterocycles. The molecular formula is C18H27N. The van der Waals surface area contributed by atoms with Gasteiger partial charge in [-0.2, -0.15) is 0 Å². The Morgan fingerprint density at radius 2 is 1.63 bits per heavy atom. The summed E-state index contributed by atoms with van der Waals surface area (Å²) in [6.07, 6.45) is 11.5. The van der Waals surface area contributed by atoms with E-state index in [4.69, 9.17) is 0 Å². The lowest BCUT2D eigenvalue weighted by Crippen LogP contribution is -2.33. The fraction of sp³-hybridized carbons (Fsp3) is 0.667. The van der Waals surface area contributed by atoms with E-state index in [9.17, 15) is 0 Å². The van der Waals surface area contributed by atoms with E-state index in [1.54, 1.807) is 0 Å². The Hall–Kier alpha value is -0.820. The van der Waals surface area contributed by atoms with Crippen LogP contribution in [0.4, 0.5) is 0 Å². The number of benzene rings is 1. The third kappa shape index (κ3) is 3.39. The largest absolute Gasteiger partial charge is 0.313 e. The molecule has 2 atom stereocenters. The number of hydrogen-bond acceptors (Lipinski definition) is 1. The smallest absolute Gasteiger partial charge is 0.0139 e. The minimum absolute atomic E-state index is 0.727. The van der Waals surface area contributed by atoms with Gasteiger partial charge in [0, 0.05) is 6.04 Å². The molecule has 3 rings (SSSR count). The maximum absolute atomic E-state index is 3.77. The summed E-state index contributed by atoms with van der Waals surface area (Å²) in [7, 11) is 0. The molecule has 1 saturated carbocycles. The zero-order chi connectivity index (χ0) is 12.9. The zero-order valence-electron chi connectivity index (χ0n) is 12.0. The topological polar surface area (TPSA) is 12.0 Å². The third-order valence-electron chi connectivity index (χ3n) is 5.20. The van der Waals surface area contributed by atoms with Crippen LogP contribution in [0.3, 0.4) is 0 Å². The van der Waals surface area contributed by atoms with E-state index >= 15 is 0 Å². The summed E-state index contributed by atoms with van der Waals surface area (Å²) >= 11 is 0. The number of hydrogen-bond donors (Lipinski definition) is 1. The molecule has 2 unspecified atom stereocenters. The van der Waals surface area contributed by atoms with Gasteiger partial charge in [-0.1, -0.05) is 68.9 Å². The molecule has 1 heterocycles. The molecule has 0 aromatic heterocycles. The lowest BCUT2D eigenvalue weighted by Gasteiger charge is -2.27. The van der Waals surface area contributed by atoms with Crippen LogP contribution in [0.25, 0.3) is 0 Å². The van der Waals surface area contributed by atoms with Gasteiger partial charge in [0.25, 0.3) is 0 Å². The van der Waals surface area contributed by atoms with Crippen LogP contribution in [-0.4, -0.2) is 12.6 Å². The summed E-state index contributed by atoms with van der Waals surface area (Å²) in [4.78, 5) is 0. The fourth-order valence-corrected chi connectivity index (χ4v) is 4.18. The van der Waals surface area contributed by atoms with Gasteiger partial charge in [0.15, 0.2) is 0 Å². The Morgan fingerprint density at radius 3 is 2.37 bits per heavy atom. The Balaban J connectivity index is 1.63. The summed E-state index contributed by atoms with van der Waals surface area (Å²) < 4.78 is 0. The van der Waals surface area contributed by atoms with Gasteiger partial charge in [0.1, 0.15) is 0 Å². The first-order chi connectivity index (χ1) is 9.43. The van der Waals surface area contributed by atoms with E-state index in [0.717, 1.165) is 17.9 Å². The zero-order valence-corrected chi connectivity index (χ0v) is 12.0. The second-order valence-electron chi connectivity index (χ2n) is 6.45. The van der Waals surface area contributed by atoms with Crippen molar-refractivity contribution in [2.75, 3.05) is 6.54 Å². The van der Waals surface area contributed by atoms with Gasteiger partial charge in [-0.25, -0.2) is 0 Å². The van der Waals surface area contributed by atoms with Crippen LogP contribution in [0, 0.1) is 11.8 Å². The summed E-state index contributed by atoms with van der Waals surface area (Å²) in [5.74, 6) is 1.92. The van der Waals surface area contributed by atoms with Crippen molar-refractivity contribution in [3.8, 4) is 0 Å². The van der Waals surface area contributed by atoms with Crippen LogP contribution in [0.1, 0.15) is 50.5 Å². The van der Waals surface area contributed by atoms with Gasteiger partial charge in [0.2, 0.25) is 0 Å². The first kappa shape index (κ1) is 13.2. The van der Waals surface area contributed by atoms with Gasteiger partial charge < -0.3 is 5.32 Å². The molecule has 1 aliphatic carbocycles. The second kappa shape index (κ2) is 6.56. The molecule has 1 aromatic rings. The lowest BCUT2D eigenvalue weighted by atomic mass is 9.79. The monoisotopic (exact) mass is 257 g/mol. The van der Waals surface area contributed by atoms with Crippen molar-refractivity contribution in [3.63, 3.8) is 0 Å². The van der Waals surface area contributed by atoms with Crippen molar-refractivity contribution in [1.29, 1.82) is 0 Å². The Labute approximate surface area is 117 Å². The van der Waals surface area contributed by atoms with Crippen molar-refractivity contribution in [1.82, 2.24) is 5.32 Å². The minimum Gasteiger partial charge on any atom is -0.313 e.